The fourth-order valence-corrected chi connectivity index (χ4v) is 2.10. The maximum atomic E-state index is 10.5. The third-order valence-corrected chi connectivity index (χ3v) is 3.16. The van der Waals surface area contributed by atoms with E-state index in [1.54, 1.807) is 12.1 Å². The van der Waals surface area contributed by atoms with Crippen molar-refractivity contribution in [3.8, 4) is 0 Å². The number of non-ortho nitro benzene ring substituents is 1. The Kier molecular flexibility index (Phi) is 4.66. The van der Waals surface area contributed by atoms with E-state index in [1.807, 2.05) is 0 Å². The zero-order valence-corrected chi connectivity index (χ0v) is 10.3. The summed E-state index contributed by atoms with van der Waals surface area (Å²) >= 11 is 0. The molecule has 1 N–H and O–H groups in total. The van der Waals surface area contributed by atoms with Crippen molar-refractivity contribution in [1.82, 2.24) is 5.32 Å². The van der Waals surface area contributed by atoms with Crippen molar-refractivity contribution >= 4 is 5.69 Å². The average molecular weight is 250 g/mol. The molecule has 2 rings (SSSR count). The molecule has 1 aromatic carbocycles. The average Bonchev–Trinajstić information content (AvgIpc) is 2.88. The van der Waals surface area contributed by atoms with Crippen LogP contribution in [0.15, 0.2) is 24.3 Å². The first kappa shape index (κ1) is 13.0. The third-order valence-electron chi connectivity index (χ3n) is 3.16. The van der Waals surface area contributed by atoms with Gasteiger partial charge in [0.05, 0.1) is 18.1 Å². The number of ether oxygens (including phenoxy) is 1. The largest absolute Gasteiger partial charge is 0.379 e. The van der Waals surface area contributed by atoms with Crippen LogP contribution in [0.2, 0.25) is 0 Å². The number of nitro benzene ring substituents is 1. The highest BCUT2D eigenvalue weighted by Crippen LogP contribution is 2.12. The molecule has 1 atom stereocenters. The van der Waals surface area contributed by atoms with E-state index in [1.165, 1.54) is 25.0 Å². The Morgan fingerprint density at radius 1 is 1.39 bits per heavy atom. The van der Waals surface area contributed by atoms with Crippen LogP contribution in [0.3, 0.4) is 0 Å². The van der Waals surface area contributed by atoms with E-state index in [2.05, 4.69) is 5.32 Å². The third kappa shape index (κ3) is 3.78. The molecule has 0 bridgehead atoms. The lowest BCUT2D eigenvalue weighted by atomic mass is 10.1. The topological polar surface area (TPSA) is 64.4 Å². The summed E-state index contributed by atoms with van der Waals surface area (Å²) in [6.07, 6.45) is 3.22. The van der Waals surface area contributed by atoms with Crippen molar-refractivity contribution < 1.29 is 9.66 Å². The van der Waals surface area contributed by atoms with Crippen LogP contribution < -0.4 is 5.32 Å². The molecule has 0 aromatic heterocycles. The molecular weight excluding hydrogens is 232 g/mol. The molecule has 1 aliphatic heterocycles. The molecule has 0 saturated carbocycles. The first-order chi connectivity index (χ1) is 8.75. The molecule has 0 aliphatic carbocycles. The second-order valence-electron chi connectivity index (χ2n) is 4.54. The molecule has 1 saturated heterocycles. The Morgan fingerprint density at radius 3 is 2.78 bits per heavy atom. The minimum Gasteiger partial charge on any atom is -0.379 e. The Hall–Kier alpha value is -1.46. The number of hydrogen-bond donors (Lipinski definition) is 1. The summed E-state index contributed by atoms with van der Waals surface area (Å²) in [5, 5.41) is 13.9. The number of hydrogen-bond acceptors (Lipinski definition) is 4. The molecule has 1 fully saturated rings. The van der Waals surface area contributed by atoms with Gasteiger partial charge in [-0.3, -0.25) is 10.1 Å². The lowest BCUT2D eigenvalue weighted by Gasteiger charge is -2.10. The van der Waals surface area contributed by atoms with Gasteiger partial charge >= 0.3 is 0 Å². The molecule has 1 aliphatic rings. The van der Waals surface area contributed by atoms with Crippen LogP contribution in [-0.4, -0.2) is 30.7 Å². The van der Waals surface area contributed by atoms with Crippen molar-refractivity contribution in [3.05, 3.63) is 39.9 Å². The Labute approximate surface area is 106 Å². The Balaban J connectivity index is 1.68. The van der Waals surface area contributed by atoms with E-state index in [9.17, 15) is 10.1 Å². The van der Waals surface area contributed by atoms with Crippen molar-refractivity contribution in [2.45, 2.75) is 25.3 Å². The van der Waals surface area contributed by atoms with Gasteiger partial charge in [-0.25, -0.2) is 0 Å². The minimum atomic E-state index is -0.383. The predicted molar refractivity (Wildman–Crippen MR) is 68.6 cm³/mol. The summed E-state index contributed by atoms with van der Waals surface area (Å²) in [6, 6.07) is 7.15. The number of nitrogens with zero attached hydrogens (tertiary/aromatic N) is 1. The number of nitrogens with one attached hydrogen (secondary N) is 1. The molecular formula is C13H18N2O3. The zero-order chi connectivity index (χ0) is 12.8. The summed E-state index contributed by atoms with van der Waals surface area (Å²) in [7, 11) is 0. The lowest BCUT2D eigenvalue weighted by Crippen LogP contribution is -2.27. The molecule has 0 spiro atoms. The van der Waals surface area contributed by atoms with Crippen LogP contribution in [0, 0.1) is 10.1 Å². The van der Waals surface area contributed by atoms with E-state index < -0.39 is 0 Å². The van der Waals surface area contributed by atoms with Gasteiger partial charge in [0.2, 0.25) is 0 Å². The summed E-state index contributed by atoms with van der Waals surface area (Å²) in [5.74, 6) is 0. The molecule has 1 aromatic rings. The molecule has 0 amide bonds. The van der Waals surface area contributed by atoms with Gasteiger partial charge in [-0.05, 0) is 31.4 Å². The smallest absolute Gasteiger partial charge is 0.269 e. The van der Waals surface area contributed by atoms with Gasteiger partial charge in [0.1, 0.15) is 0 Å². The SMILES string of the molecule is O=[N+]([O-])c1ccc(CCOCC2CCCN2)cc1. The quantitative estimate of drug-likeness (QED) is 0.476. The van der Waals surface area contributed by atoms with Gasteiger partial charge in [0.15, 0.2) is 0 Å². The van der Waals surface area contributed by atoms with E-state index in [0.717, 1.165) is 25.1 Å². The number of rotatable bonds is 6. The van der Waals surface area contributed by atoms with Crippen molar-refractivity contribution in [1.29, 1.82) is 0 Å². The first-order valence-electron chi connectivity index (χ1n) is 6.30. The van der Waals surface area contributed by atoms with Crippen molar-refractivity contribution in [2.75, 3.05) is 19.8 Å². The van der Waals surface area contributed by atoms with Gasteiger partial charge in [0.25, 0.3) is 5.69 Å². The molecule has 98 valence electrons. The summed E-state index contributed by atoms with van der Waals surface area (Å²) in [4.78, 5) is 10.1. The van der Waals surface area contributed by atoms with Crippen LogP contribution in [0.1, 0.15) is 18.4 Å². The van der Waals surface area contributed by atoms with Gasteiger partial charge in [0, 0.05) is 18.2 Å². The standard InChI is InChI=1S/C13H18N2O3/c16-15(17)13-5-3-11(4-6-13)7-9-18-10-12-2-1-8-14-12/h3-6,12,14H,1-2,7-10H2. The van der Waals surface area contributed by atoms with Crippen LogP contribution in [0.25, 0.3) is 0 Å². The molecule has 5 nitrogen and oxygen atoms in total. The molecule has 18 heavy (non-hydrogen) atoms. The van der Waals surface area contributed by atoms with Gasteiger partial charge in [-0.1, -0.05) is 12.1 Å². The van der Waals surface area contributed by atoms with Crippen LogP contribution >= 0.6 is 0 Å². The highest BCUT2D eigenvalue weighted by molar-refractivity contribution is 5.32. The summed E-state index contributed by atoms with van der Waals surface area (Å²) in [5.41, 5.74) is 1.20. The first-order valence-corrected chi connectivity index (χ1v) is 6.30. The number of nitro groups is 1. The number of benzene rings is 1. The van der Waals surface area contributed by atoms with Gasteiger partial charge < -0.3 is 10.1 Å². The van der Waals surface area contributed by atoms with Crippen LogP contribution in [0.4, 0.5) is 5.69 Å². The second kappa shape index (κ2) is 6.47. The lowest BCUT2D eigenvalue weighted by molar-refractivity contribution is -0.384. The predicted octanol–water partition coefficient (Wildman–Crippen LogP) is 1.91. The summed E-state index contributed by atoms with van der Waals surface area (Å²) < 4.78 is 5.60. The summed E-state index contributed by atoms with van der Waals surface area (Å²) in [6.45, 7) is 2.51. The Morgan fingerprint density at radius 2 is 2.17 bits per heavy atom. The maximum absolute atomic E-state index is 10.5. The fraction of sp³-hybridized carbons (Fsp3) is 0.538. The molecule has 0 radical (unpaired) electrons. The highest BCUT2D eigenvalue weighted by atomic mass is 16.6. The molecule has 1 heterocycles. The fourth-order valence-electron chi connectivity index (χ4n) is 2.10. The normalized spacial score (nSPS) is 19.0. The van der Waals surface area contributed by atoms with Crippen molar-refractivity contribution in [3.63, 3.8) is 0 Å². The van der Waals surface area contributed by atoms with E-state index >= 15 is 0 Å². The van der Waals surface area contributed by atoms with Crippen molar-refractivity contribution in [2.24, 2.45) is 0 Å². The van der Waals surface area contributed by atoms with E-state index in [0.29, 0.717) is 12.6 Å². The van der Waals surface area contributed by atoms with E-state index in [-0.39, 0.29) is 10.6 Å². The monoisotopic (exact) mass is 250 g/mol. The minimum absolute atomic E-state index is 0.134. The van der Waals surface area contributed by atoms with Gasteiger partial charge in [-0.15, -0.1) is 0 Å². The van der Waals surface area contributed by atoms with E-state index in [4.69, 9.17) is 4.74 Å². The molecule has 1 unspecified atom stereocenters. The van der Waals surface area contributed by atoms with Gasteiger partial charge in [-0.2, -0.15) is 0 Å². The second-order valence-corrected chi connectivity index (χ2v) is 4.54. The zero-order valence-electron chi connectivity index (χ0n) is 10.3. The highest BCUT2D eigenvalue weighted by Gasteiger charge is 2.13. The molecule has 5 heteroatoms. The maximum Gasteiger partial charge on any atom is 0.269 e. The van der Waals surface area contributed by atoms with Crippen LogP contribution in [-0.2, 0) is 11.2 Å². The Bertz CT molecular complexity index is 386. The van der Waals surface area contributed by atoms with Crippen LogP contribution in [0.5, 0.6) is 0 Å².